The first-order valence-corrected chi connectivity index (χ1v) is 18.9. The molecular weight excluding hydrogens is 683 g/mol. The summed E-state index contributed by atoms with van der Waals surface area (Å²) in [6, 6.07) is 69.6. The lowest BCUT2D eigenvalue weighted by atomic mass is 9.85. The summed E-state index contributed by atoms with van der Waals surface area (Å²) in [6.45, 7) is 0. The van der Waals surface area contributed by atoms with E-state index in [9.17, 15) is 4.79 Å². The van der Waals surface area contributed by atoms with E-state index in [1.54, 1.807) is 0 Å². The van der Waals surface area contributed by atoms with Crippen molar-refractivity contribution in [3.05, 3.63) is 211 Å². The van der Waals surface area contributed by atoms with Gasteiger partial charge < -0.3 is 0 Å². The summed E-state index contributed by atoms with van der Waals surface area (Å²) < 4.78 is 4.09. The van der Waals surface area contributed by atoms with Gasteiger partial charge in [-0.15, -0.1) is 0 Å². The van der Waals surface area contributed by atoms with Gasteiger partial charge in [-0.25, -0.2) is 4.98 Å². The number of hydrogen-bond acceptors (Lipinski definition) is 2. The molecule has 0 radical (unpaired) electrons. The topological polar surface area (TPSA) is 39.8 Å². The van der Waals surface area contributed by atoms with Crippen LogP contribution in [-0.4, -0.2) is 14.1 Å². The number of aromatic nitrogens is 3. The summed E-state index contributed by atoms with van der Waals surface area (Å²) in [6.07, 6.45) is 0. The standard InChI is InChI=1S/C52H33N3O/c56-52-44-24-12-7-19-39(44)45-33-36(31-32-47(45)55(52)38-17-5-2-6-18-38)50-42-22-10-8-20-40(42)49(41-21-9-11-23-43(41)50)34-27-29-35(30-28-34)51-53-46-25-13-14-26-48(46)54(51)37-15-3-1-4-16-37/h1-33H. The third-order valence-electron chi connectivity index (χ3n) is 11.1. The van der Waals surface area contributed by atoms with Crippen molar-refractivity contribution in [2.24, 2.45) is 0 Å². The van der Waals surface area contributed by atoms with Crippen molar-refractivity contribution in [2.45, 2.75) is 0 Å². The lowest BCUT2D eigenvalue weighted by Crippen LogP contribution is -2.19. The number of hydrogen-bond donors (Lipinski definition) is 0. The highest BCUT2D eigenvalue weighted by molar-refractivity contribution is 6.22. The number of rotatable bonds is 5. The van der Waals surface area contributed by atoms with Crippen molar-refractivity contribution in [3.63, 3.8) is 0 Å². The molecule has 0 aliphatic carbocycles. The zero-order valence-corrected chi connectivity index (χ0v) is 30.3. The van der Waals surface area contributed by atoms with Gasteiger partial charge in [0.2, 0.25) is 0 Å². The molecule has 11 aromatic rings. The van der Waals surface area contributed by atoms with Crippen LogP contribution in [0.15, 0.2) is 205 Å². The van der Waals surface area contributed by atoms with Crippen LogP contribution in [0, 0.1) is 0 Å². The van der Waals surface area contributed by atoms with Crippen molar-refractivity contribution in [1.82, 2.24) is 14.1 Å². The molecule has 56 heavy (non-hydrogen) atoms. The summed E-state index contributed by atoms with van der Waals surface area (Å²) in [4.78, 5) is 19.1. The van der Waals surface area contributed by atoms with Gasteiger partial charge in [0, 0.05) is 27.7 Å². The summed E-state index contributed by atoms with van der Waals surface area (Å²) in [5, 5.41) is 7.42. The smallest absolute Gasteiger partial charge is 0.263 e. The highest BCUT2D eigenvalue weighted by Crippen LogP contribution is 2.45. The third kappa shape index (κ3) is 4.93. The minimum atomic E-state index is -0.0179. The Morgan fingerprint density at radius 3 is 1.43 bits per heavy atom. The maximum Gasteiger partial charge on any atom is 0.263 e. The van der Waals surface area contributed by atoms with Crippen molar-refractivity contribution < 1.29 is 0 Å². The molecule has 4 heteroatoms. The lowest BCUT2D eigenvalue weighted by molar-refractivity contribution is 1.06. The van der Waals surface area contributed by atoms with Crippen LogP contribution in [0.2, 0.25) is 0 Å². The molecule has 0 aliphatic rings. The first-order chi connectivity index (χ1) is 27.7. The van der Waals surface area contributed by atoms with Crippen molar-refractivity contribution in [1.29, 1.82) is 0 Å². The molecule has 0 bridgehead atoms. The van der Waals surface area contributed by atoms with Crippen LogP contribution in [0.5, 0.6) is 0 Å². The molecule has 2 aromatic heterocycles. The Morgan fingerprint density at radius 1 is 0.339 bits per heavy atom. The van der Waals surface area contributed by atoms with Crippen LogP contribution in [-0.2, 0) is 0 Å². The zero-order chi connectivity index (χ0) is 37.2. The molecule has 262 valence electrons. The highest BCUT2D eigenvalue weighted by Gasteiger charge is 2.20. The van der Waals surface area contributed by atoms with E-state index in [2.05, 4.69) is 144 Å². The van der Waals surface area contributed by atoms with Crippen LogP contribution in [0.25, 0.3) is 99.3 Å². The Morgan fingerprint density at radius 2 is 0.804 bits per heavy atom. The maximum absolute atomic E-state index is 14.0. The van der Waals surface area contributed by atoms with E-state index in [0.29, 0.717) is 5.39 Å². The number of nitrogens with zero attached hydrogens (tertiary/aromatic N) is 3. The highest BCUT2D eigenvalue weighted by atomic mass is 16.1. The van der Waals surface area contributed by atoms with Gasteiger partial charge in [-0.1, -0.05) is 146 Å². The second-order valence-corrected chi connectivity index (χ2v) is 14.3. The fraction of sp³-hybridized carbons (Fsp3) is 0. The van der Waals surface area contributed by atoms with Crippen LogP contribution >= 0.6 is 0 Å². The lowest BCUT2D eigenvalue weighted by Gasteiger charge is -2.19. The van der Waals surface area contributed by atoms with E-state index < -0.39 is 0 Å². The maximum atomic E-state index is 14.0. The van der Waals surface area contributed by atoms with Crippen LogP contribution in [0.1, 0.15) is 0 Å². The normalized spacial score (nSPS) is 11.6. The number of pyridine rings is 1. The molecule has 9 aromatic carbocycles. The Labute approximate surface area is 322 Å². The number of imidazole rings is 1. The van der Waals surface area contributed by atoms with Crippen LogP contribution in [0.4, 0.5) is 0 Å². The van der Waals surface area contributed by atoms with Gasteiger partial charge in [0.15, 0.2) is 0 Å². The Bertz CT molecular complexity index is 3310. The van der Waals surface area contributed by atoms with E-state index in [4.69, 9.17) is 4.98 Å². The molecule has 11 rings (SSSR count). The average molecular weight is 716 g/mol. The predicted molar refractivity (Wildman–Crippen MR) is 233 cm³/mol. The molecule has 0 atom stereocenters. The molecule has 0 unspecified atom stereocenters. The fourth-order valence-corrected chi connectivity index (χ4v) is 8.66. The van der Waals surface area contributed by atoms with Crippen LogP contribution < -0.4 is 5.56 Å². The minimum Gasteiger partial charge on any atom is -0.292 e. The Kier molecular flexibility index (Phi) is 7.29. The third-order valence-corrected chi connectivity index (χ3v) is 11.1. The monoisotopic (exact) mass is 715 g/mol. The van der Waals surface area contributed by atoms with Gasteiger partial charge >= 0.3 is 0 Å². The number of fused-ring (bicyclic) bond motifs is 6. The zero-order valence-electron chi connectivity index (χ0n) is 30.3. The van der Waals surface area contributed by atoms with E-state index in [1.807, 2.05) is 65.2 Å². The molecule has 0 saturated carbocycles. The molecule has 0 spiro atoms. The first kappa shape index (κ1) is 31.9. The molecule has 2 heterocycles. The predicted octanol–water partition coefficient (Wildman–Crippen LogP) is 12.8. The van der Waals surface area contributed by atoms with E-state index in [1.165, 1.54) is 32.7 Å². The van der Waals surface area contributed by atoms with Gasteiger partial charge in [0.25, 0.3) is 5.56 Å². The van der Waals surface area contributed by atoms with Crippen LogP contribution in [0.3, 0.4) is 0 Å². The van der Waals surface area contributed by atoms with Gasteiger partial charge in [-0.2, -0.15) is 0 Å². The van der Waals surface area contributed by atoms with Crippen molar-refractivity contribution in [2.75, 3.05) is 0 Å². The average Bonchev–Trinajstić information content (AvgIpc) is 3.66. The summed E-state index contributed by atoms with van der Waals surface area (Å²) in [5.41, 5.74) is 10.5. The second kappa shape index (κ2) is 12.8. The van der Waals surface area contributed by atoms with Gasteiger partial charge in [0.1, 0.15) is 5.82 Å². The molecule has 0 amide bonds. The summed E-state index contributed by atoms with van der Waals surface area (Å²) >= 11 is 0. The Hall–Kier alpha value is -7.56. The van der Waals surface area contributed by atoms with E-state index in [-0.39, 0.29) is 5.56 Å². The molecule has 0 N–H and O–H groups in total. The largest absolute Gasteiger partial charge is 0.292 e. The molecule has 4 nitrogen and oxygen atoms in total. The first-order valence-electron chi connectivity index (χ1n) is 18.9. The number of benzene rings is 9. The van der Waals surface area contributed by atoms with Crippen molar-refractivity contribution in [3.8, 4) is 45.0 Å². The quantitative estimate of drug-likeness (QED) is 0.131. The van der Waals surface area contributed by atoms with Gasteiger partial charge in [-0.05, 0) is 104 Å². The van der Waals surface area contributed by atoms with E-state index in [0.717, 1.165) is 61.2 Å². The SMILES string of the molecule is O=c1c2ccccc2c2cc(-c3c4ccccc4c(-c4ccc(-c5nc6ccccc6n5-c5ccccc5)cc4)c4ccccc34)ccc2n1-c1ccccc1. The number of para-hydroxylation sites is 4. The van der Waals surface area contributed by atoms with Gasteiger partial charge in [-0.3, -0.25) is 13.9 Å². The molecule has 0 fully saturated rings. The molecule has 0 saturated heterocycles. The van der Waals surface area contributed by atoms with Gasteiger partial charge in [0.05, 0.1) is 16.6 Å². The minimum absolute atomic E-state index is 0.0179. The fourth-order valence-electron chi connectivity index (χ4n) is 8.66. The summed E-state index contributed by atoms with van der Waals surface area (Å²) in [7, 11) is 0. The molecular formula is C52H33N3O. The Balaban J connectivity index is 1.12. The summed E-state index contributed by atoms with van der Waals surface area (Å²) in [5.74, 6) is 0.913. The molecule has 0 aliphatic heterocycles. The van der Waals surface area contributed by atoms with E-state index >= 15 is 0 Å². The van der Waals surface area contributed by atoms with Crippen molar-refractivity contribution >= 4 is 54.3 Å². The second-order valence-electron chi connectivity index (χ2n) is 14.3.